The van der Waals surface area contributed by atoms with Crippen LogP contribution in [0.1, 0.15) is 23.2 Å². The summed E-state index contributed by atoms with van der Waals surface area (Å²) in [5, 5.41) is 5.81. The van der Waals surface area contributed by atoms with E-state index in [0.717, 1.165) is 18.5 Å². The first kappa shape index (κ1) is 12.6. The number of rotatable bonds is 4. The molecule has 0 aliphatic heterocycles. The highest BCUT2D eigenvalue weighted by Gasteiger charge is 2.21. The van der Waals surface area contributed by atoms with Gasteiger partial charge < -0.3 is 10.6 Å². The summed E-state index contributed by atoms with van der Waals surface area (Å²) >= 11 is 0. The molecule has 5 heteroatoms. The normalized spacial score (nSPS) is 13.8. The Bertz CT molecular complexity index is 641. The Balaban J connectivity index is 1.74. The van der Waals surface area contributed by atoms with Crippen LogP contribution in [0.3, 0.4) is 0 Å². The fraction of sp³-hybridized carbons (Fsp3) is 0.200. The van der Waals surface area contributed by atoms with Gasteiger partial charge in [-0.05, 0) is 31.0 Å². The SMILES string of the molecule is O=C(Nc1ccccc1F)c1cncc(NC2CC2)c1. The van der Waals surface area contributed by atoms with Crippen LogP contribution in [0.25, 0.3) is 0 Å². The van der Waals surface area contributed by atoms with Crippen LogP contribution in [0.5, 0.6) is 0 Å². The molecule has 3 rings (SSSR count). The minimum absolute atomic E-state index is 0.165. The Morgan fingerprint density at radius 2 is 2.05 bits per heavy atom. The number of carbonyl (C=O) groups is 1. The van der Waals surface area contributed by atoms with E-state index in [1.807, 2.05) is 0 Å². The third-order valence-corrected chi connectivity index (χ3v) is 3.07. The van der Waals surface area contributed by atoms with E-state index in [-0.39, 0.29) is 11.6 Å². The molecule has 0 saturated heterocycles. The van der Waals surface area contributed by atoms with Gasteiger partial charge >= 0.3 is 0 Å². The Labute approximate surface area is 116 Å². The van der Waals surface area contributed by atoms with Gasteiger partial charge in [-0.15, -0.1) is 0 Å². The summed E-state index contributed by atoms with van der Waals surface area (Å²) in [6.45, 7) is 0. The van der Waals surface area contributed by atoms with Gasteiger partial charge in [-0.1, -0.05) is 12.1 Å². The van der Waals surface area contributed by atoms with Crippen LogP contribution in [0.15, 0.2) is 42.7 Å². The maximum atomic E-state index is 13.5. The predicted octanol–water partition coefficient (Wildman–Crippen LogP) is 3.05. The van der Waals surface area contributed by atoms with E-state index in [1.165, 1.54) is 18.3 Å². The third-order valence-electron chi connectivity index (χ3n) is 3.07. The molecule has 1 fully saturated rings. The van der Waals surface area contributed by atoms with Crippen LogP contribution < -0.4 is 10.6 Å². The number of para-hydroxylation sites is 1. The van der Waals surface area contributed by atoms with E-state index in [4.69, 9.17) is 0 Å². The van der Waals surface area contributed by atoms with Crippen LogP contribution in [0, 0.1) is 5.82 Å². The second-order valence-corrected chi connectivity index (χ2v) is 4.81. The number of carbonyl (C=O) groups excluding carboxylic acids is 1. The zero-order valence-electron chi connectivity index (χ0n) is 10.8. The molecule has 1 aliphatic carbocycles. The molecule has 4 nitrogen and oxygen atoms in total. The molecule has 1 aromatic carbocycles. The van der Waals surface area contributed by atoms with E-state index in [2.05, 4.69) is 15.6 Å². The molecule has 1 saturated carbocycles. The molecule has 1 heterocycles. The monoisotopic (exact) mass is 271 g/mol. The lowest BCUT2D eigenvalue weighted by atomic mass is 10.2. The molecule has 0 radical (unpaired) electrons. The molecule has 0 unspecified atom stereocenters. The highest BCUT2D eigenvalue weighted by molar-refractivity contribution is 6.04. The van der Waals surface area contributed by atoms with Crippen molar-refractivity contribution in [2.24, 2.45) is 0 Å². The van der Waals surface area contributed by atoms with Crippen molar-refractivity contribution in [1.82, 2.24) is 4.98 Å². The number of nitrogens with zero attached hydrogens (tertiary/aromatic N) is 1. The van der Waals surface area contributed by atoms with Gasteiger partial charge in [0.15, 0.2) is 0 Å². The zero-order chi connectivity index (χ0) is 13.9. The van der Waals surface area contributed by atoms with Gasteiger partial charge in [0, 0.05) is 18.4 Å². The summed E-state index contributed by atoms with van der Waals surface area (Å²) in [6, 6.07) is 8.28. The first-order valence-corrected chi connectivity index (χ1v) is 6.50. The predicted molar refractivity (Wildman–Crippen MR) is 75.2 cm³/mol. The molecular weight excluding hydrogens is 257 g/mol. The Morgan fingerprint density at radius 3 is 2.80 bits per heavy atom. The first-order chi connectivity index (χ1) is 9.72. The number of nitrogens with one attached hydrogen (secondary N) is 2. The Morgan fingerprint density at radius 1 is 1.25 bits per heavy atom. The van der Waals surface area contributed by atoms with Crippen molar-refractivity contribution in [3.8, 4) is 0 Å². The maximum Gasteiger partial charge on any atom is 0.257 e. The smallest absolute Gasteiger partial charge is 0.257 e. The quantitative estimate of drug-likeness (QED) is 0.898. The minimum Gasteiger partial charge on any atom is -0.381 e. The third kappa shape index (κ3) is 2.93. The van der Waals surface area contributed by atoms with Crippen LogP contribution in [-0.2, 0) is 0 Å². The standard InChI is InChI=1S/C15H14FN3O/c16-13-3-1-2-4-14(13)19-15(20)10-7-12(9-17-8-10)18-11-5-6-11/h1-4,7-9,11,18H,5-6H2,(H,19,20). The molecule has 0 atom stereocenters. The van der Waals surface area contributed by atoms with E-state index in [1.54, 1.807) is 24.4 Å². The second kappa shape index (κ2) is 5.28. The molecule has 0 bridgehead atoms. The molecule has 2 aromatic rings. The lowest BCUT2D eigenvalue weighted by Gasteiger charge is -2.08. The molecule has 1 aliphatic rings. The van der Waals surface area contributed by atoms with E-state index in [0.29, 0.717) is 11.6 Å². The molecule has 20 heavy (non-hydrogen) atoms. The summed E-state index contributed by atoms with van der Waals surface area (Å²) in [4.78, 5) is 16.1. The largest absolute Gasteiger partial charge is 0.381 e. The summed E-state index contributed by atoms with van der Waals surface area (Å²) in [6.07, 6.45) is 5.43. The van der Waals surface area contributed by atoms with Gasteiger partial charge in [0.05, 0.1) is 16.9 Å². The van der Waals surface area contributed by atoms with Crippen LogP contribution >= 0.6 is 0 Å². The zero-order valence-corrected chi connectivity index (χ0v) is 10.8. The summed E-state index contributed by atoms with van der Waals surface area (Å²) in [7, 11) is 0. The van der Waals surface area contributed by atoms with E-state index < -0.39 is 5.82 Å². The van der Waals surface area contributed by atoms with Crippen molar-refractivity contribution in [3.05, 3.63) is 54.1 Å². The van der Waals surface area contributed by atoms with Crippen molar-refractivity contribution < 1.29 is 9.18 Å². The highest BCUT2D eigenvalue weighted by atomic mass is 19.1. The second-order valence-electron chi connectivity index (χ2n) is 4.81. The maximum absolute atomic E-state index is 13.5. The lowest BCUT2D eigenvalue weighted by Crippen LogP contribution is -2.14. The summed E-state index contributed by atoms with van der Waals surface area (Å²) in [5.74, 6) is -0.830. The molecule has 102 valence electrons. The number of halogens is 1. The van der Waals surface area contributed by atoms with Crippen molar-refractivity contribution in [2.45, 2.75) is 18.9 Å². The molecule has 1 amide bonds. The minimum atomic E-state index is -0.457. The number of hydrogen-bond acceptors (Lipinski definition) is 3. The first-order valence-electron chi connectivity index (χ1n) is 6.50. The van der Waals surface area contributed by atoms with E-state index in [9.17, 15) is 9.18 Å². The molecular formula is C15H14FN3O. The van der Waals surface area contributed by atoms with Crippen molar-refractivity contribution in [3.63, 3.8) is 0 Å². The van der Waals surface area contributed by atoms with Gasteiger partial charge in [-0.2, -0.15) is 0 Å². The number of anilines is 2. The number of amides is 1. The van der Waals surface area contributed by atoms with Crippen molar-refractivity contribution in [1.29, 1.82) is 0 Å². The van der Waals surface area contributed by atoms with Gasteiger partial charge in [0.25, 0.3) is 5.91 Å². The van der Waals surface area contributed by atoms with Crippen LogP contribution in [0.2, 0.25) is 0 Å². The van der Waals surface area contributed by atoms with E-state index >= 15 is 0 Å². The number of hydrogen-bond donors (Lipinski definition) is 2. The van der Waals surface area contributed by atoms with Gasteiger partial charge in [0.1, 0.15) is 5.82 Å². The molecule has 2 N–H and O–H groups in total. The fourth-order valence-electron chi connectivity index (χ4n) is 1.86. The topological polar surface area (TPSA) is 54.0 Å². The summed E-state index contributed by atoms with van der Waals surface area (Å²) in [5.41, 5.74) is 1.38. The van der Waals surface area contributed by atoms with Gasteiger partial charge in [0.2, 0.25) is 0 Å². The molecule has 0 spiro atoms. The Kier molecular flexibility index (Phi) is 3.33. The Hall–Kier alpha value is -2.43. The van der Waals surface area contributed by atoms with Crippen LogP contribution in [-0.4, -0.2) is 16.9 Å². The van der Waals surface area contributed by atoms with Crippen molar-refractivity contribution >= 4 is 17.3 Å². The lowest BCUT2D eigenvalue weighted by molar-refractivity contribution is 0.102. The average Bonchev–Trinajstić information content (AvgIpc) is 3.25. The number of aromatic nitrogens is 1. The van der Waals surface area contributed by atoms with Gasteiger partial charge in [-0.25, -0.2) is 4.39 Å². The van der Waals surface area contributed by atoms with Crippen LogP contribution in [0.4, 0.5) is 15.8 Å². The summed E-state index contributed by atoms with van der Waals surface area (Å²) < 4.78 is 13.5. The fourth-order valence-corrected chi connectivity index (χ4v) is 1.86. The van der Waals surface area contributed by atoms with Crippen molar-refractivity contribution in [2.75, 3.05) is 10.6 Å². The molecule has 1 aromatic heterocycles. The highest BCUT2D eigenvalue weighted by Crippen LogP contribution is 2.24. The average molecular weight is 271 g/mol. The van der Waals surface area contributed by atoms with Gasteiger partial charge in [-0.3, -0.25) is 9.78 Å². The number of pyridine rings is 1. The number of benzene rings is 1.